The number of hydrogen-bond donors (Lipinski definition) is 2. The topological polar surface area (TPSA) is 116 Å². The standard InChI is InChI=1S/C29H24F5N3O3.CH3NO/c1-14-13-40-27-20(14)11-23(37-26(27)16-4-6-19(30)7-5-16)21(29(32,33)34)12-35-28(38)18-8-17-9-22(31)15(2)36-25(17)24(10-18)39-3;2-1-3/h4-11,14,21H,12-13H2,1-3H3,(H,35,38);1H,(H2,2,3). The van der Waals surface area contributed by atoms with E-state index >= 15 is 0 Å². The molecule has 2 amide bonds. The van der Waals surface area contributed by atoms with Crippen molar-refractivity contribution in [3.05, 3.63) is 82.7 Å². The minimum atomic E-state index is -4.76. The molecule has 8 nitrogen and oxygen atoms in total. The molecule has 2 aromatic carbocycles. The van der Waals surface area contributed by atoms with Gasteiger partial charge in [0.05, 0.1) is 25.1 Å². The molecule has 0 saturated carbocycles. The van der Waals surface area contributed by atoms with Crippen molar-refractivity contribution in [2.45, 2.75) is 31.9 Å². The number of fused-ring (bicyclic) bond motifs is 2. The number of carbonyl (C=O) groups excluding carboxylic acids is 2. The summed E-state index contributed by atoms with van der Waals surface area (Å²) in [6, 6.07) is 10.4. The highest BCUT2D eigenvalue weighted by molar-refractivity contribution is 6.00. The maximum Gasteiger partial charge on any atom is 0.398 e. The van der Waals surface area contributed by atoms with Gasteiger partial charge in [-0.05, 0) is 55.5 Å². The number of aryl methyl sites for hydroxylation is 1. The molecule has 0 saturated heterocycles. The molecule has 2 unspecified atom stereocenters. The first-order chi connectivity index (χ1) is 20.4. The summed E-state index contributed by atoms with van der Waals surface area (Å²) < 4.78 is 81.7. The van der Waals surface area contributed by atoms with Crippen LogP contribution in [0.3, 0.4) is 0 Å². The van der Waals surface area contributed by atoms with Crippen LogP contribution in [0.15, 0.2) is 48.5 Å². The lowest BCUT2D eigenvalue weighted by atomic mass is 9.95. The average Bonchev–Trinajstić information content (AvgIpc) is 3.33. The van der Waals surface area contributed by atoms with Gasteiger partial charge in [-0.1, -0.05) is 6.92 Å². The van der Waals surface area contributed by atoms with Crippen molar-refractivity contribution < 1.29 is 41.0 Å². The Morgan fingerprint density at radius 3 is 2.47 bits per heavy atom. The number of alkyl halides is 3. The second-order valence-electron chi connectivity index (χ2n) is 9.78. The minimum Gasteiger partial charge on any atom is -0.494 e. The first-order valence-electron chi connectivity index (χ1n) is 13.0. The van der Waals surface area contributed by atoms with Crippen LogP contribution in [0.5, 0.6) is 11.5 Å². The third-order valence-corrected chi connectivity index (χ3v) is 6.86. The molecule has 43 heavy (non-hydrogen) atoms. The summed E-state index contributed by atoms with van der Waals surface area (Å²) >= 11 is 0. The van der Waals surface area contributed by atoms with E-state index < -0.39 is 36.2 Å². The molecule has 0 aliphatic carbocycles. The largest absolute Gasteiger partial charge is 0.494 e. The summed E-state index contributed by atoms with van der Waals surface area (Å²) in [6.07, 6.45) is -4.51. The normalized spacial score (nSPS) is 14.7. The molecule has 3 heterocycles. The number of pyridine rings is 2. The molecule has 2 atom stereocenters. The van der Waals surface area contributed by atoms with Crippen LogP contribution in [0.4, 0.5) is 22.0 Å². The van der Waals surface area contributed by atoms with E-state index in [1.54, 1.807) is 0 Å². The van der Waals surface area contributed by atoms with Gasteiger partial charge in [0, 0.05) is 34.5 Å². The Morgan fingerprint density at radius 1 is 1.16 bits per heavy atom. The van der Waals surface area contributed by atoms with Gasteiger partial charge in [0.25, 0.3) is 5.91 Å². The summed E-state index contributed by atoms with van der Waals surface area (Å²) in [7, 11) is 1.35. The fourth-order valence-electron chi connectivity index (χ4n) is 4.66. The Bertz CT molecular complexity index is 1660. The molecule has 4 aromatic rings. The van der Waals surface area contributed by atoms with Crippen molar-refractivity contribution >= 4 is 23.2 Å². The molecule has 0 radical (unpaired) electrons. The molecule has 3 N–H and O–H groups in total. The number of benzene rings is 2. The van der Waals surface area contributed by atoms with Crippen molar-refractivity contribution in [2.75, 3.05) is 20.3 Å². The number of hydrogen-bond acceptors (Lipinski definition) is 6. The molecule has 226 valence electrons. The van der Waals surface area contributed by atoms with Gasteiger partial charge in [-0.15, -0.1) is 0 Å². The molecule has 2 aromatic heterocycles. The van der Waals surface area contributed by atoms with E-state index in [0.29, 0.717) is 22.4 Å². The Labute approximate surface area is 243 Å². The SMILES string of the molecule is COc1cc(C(=O)NCC(c2cc3c(c(-c4ccc(F)cc4)n2)OCC3C)C(F)(F)F)cc2cc(F)c(C)nc12.NC=O. The number of ether oxygens (including phenoxy) is 2. The number of amides is 2. The smallest absolute Gasteiger partial charge is 0.398 e. The molecule has 5 rings (SSSR count). The Hall–Kier alpha value is -4.81. The number of aromatic nitrogens is 2. The van der Waals surface area contributed by atoms with Crippen molar-refractivity contribution in [3.8, 4) is 22.8 Å². The minimum absolute atomic E-state index is 0.0220. The highest BCUT2D eigenvalue weighted by atomic mass is 19.4. The van der Waals surface area contributed by atoms with E-state index in [9.17, 15) is 26.7 Å². The van der Waals surface area contributed by atoms with Crippen LogP contribution in [-0.4, -0.2) is 48.7 Å². The summed E-state index contributed by atoms with van der Waals surface area (Å²) in [5, 5.41) is 2.60. The lowest BCUT2D eigenvalue weighted by molar-refractivity contribution is -0.149. The van der Waals surface area contributed by atoms with Crippen LogP contribution in [0.2, 0.25) is 0 Å². The lowest BCUT2D eigenvalue weighted by Gasteiger charge is -2.22. The van der Waals surface area contributed by atoms with E-state index in [-0.39, 0.29) is 52.7 Å². The van der Waals surface area contributed by atoms with Crippen molar-refractivity contribution in [1.29, 1.82) is 0 Å². The highest BCUT2D eigenvalue weighted by Crippen LogP contribution is 2.44. The molecule has 0 spiro atoms. The number of methoxy groups -OCH3 is 1. The van der Waals surface area contributed by atoms with Crippen molar-refractivity contribution in [2.24, 2.45) is 5.73 Å². The number of nitrogens with zero attached hydrogens (tertiary/aromatic N) is 2. The van der Waals surface area contributed by atoms with E-state index in [4.69, 9.17) is 14.3 Å². The van der Waals surface area contributed by atoms with Gasteiger partial charge >= 0.3 is 6.18 Å². The highest BCUT2D eigenvalue weighted by Gasteiger charge is 2.43. The Kier molecular flexibility index (Phi) is 9.12. The van der Waals surface area contributed by atoms with Crippen LogP contribution in [0, 0.1) is 18.6 Å². The van der Waals surface area contributed by atoms with Gasteiger partial charge in [0.2, 0.25) is 6.41 Å². The van der Waals surface area contributed by atoms with Gasteiger partial charge in [0.1, 0.15) is 40.3 Å². The number of rotatable bonds is 6. The monoisotopic (exact) mass is 602 g/mol. The van der Waals surface area contributed by atoms with Crippen LogP contribution in [-0.2, 0) is 4.79 Å². The van der Waals surface area contributed by atoms with E-state index in [1.165, 1.54) is 62.6 Å². The van der Waals surface area contributed by atoms with Crippen LogP contribution >= 0.6 is 0 Å². The summed E-state index contributed by atoms with van der Waals surface area (Å²) in [6.45, 7) is 2.75. The Morgan fingerprint density at radius 2 is 1.84 bits per heavy atom. The lowest BCUT2D eigenvalue weighted by Crippen LogP contribution is -2.35. The van der Waals surface area contributed by atoms with Crippen molar-refractivity contribution in [3.63, 3.8) is 0 Å². The zero-order chi connectivity index (χ0) is 31.5. The molecule has 13 heteroatoms. The zero-order valence-corrected chi connectivity index (χ0v) is 23.3. The number of primary amides is 1. The summed E-state index contributed by atoms with van der Waals surface area (Å²) in [5.74, 6) is -3.72. The van der Waals surface area contributed by atoms with E-state index in [1.807, 2.05) is 6.92 Å². The second kappa shape index (κ2) is 12.6. The quantitative estimate of drug-likeness (QED) is 0.220. The molecule has 0 fully saturated rings. The maximum atomic E-state index is 14.4. The van der Waals surface area contributed by atoms with Gasteiger partial charge < -0.3 is 20.5 Å². The van der Waals surface area contributed by atoms with Gasteiger partial charge in [-0.25, -0.2) is 18.7 Å². The third-order valence-electron chi connectivity index (χ3n) is 6.86. The fraction of sp³-hybridized carbons (Fsp3) is 0.267. The molecular formula is C30H27F5N4O4. The second-order valence-corrected chi connectivity index (χ2v) is 9.78. The predicted molar refractivity (Wildman–Crippen MR) is 148 cm³/mol. The first kappa shape index (κ1) is 31.1. The van der Waals surface area contributed by atoms with Crippen LogP contribution < -0.4 is 20.5 Å². The molecule has 0 bridgehead atoms. The van der Waals surface area contributed by atoms with E-state index in [2.05, 4.69) is 21.0 Å². The number of nitrogens with one attached hydrogen (secondary N) is 1. The zero-order valence-electron chi connectivity index (χ0n) is 23.3. The van der Waals surface area contributed by atoms with E-state index in [0.717, 1.165) is 0 Å². The first-order valence-corrected chi connectivity index (χ1v) is 13.0. The summed E-state index contributed by atoms with van der Waals surface area (Å²) in [4.78, 5) is 30.0. The van der Waals surface area contributed by atoms with Gasteiger partial charge in [-0.3, -0.25) is 9.59 Å². The molecule has 1 aliphatic heterocycles. The van der Waals surface area contributed by atoms with Crippen LogP contribution in [0.1, 0.15) is 46.1 Å². The van der Waals surface area contributed by atoms with Crippen LogP contribution in [0.25, 0.3) is 22.2 Å². The third kappa shape index (κ3) is 6.65. The average molecular weight is 603 g/mol. The fourth-order valence-corrected chi connectivity index (χ4v) is 4.66. The number of halogens is 5. The van der Waals surface area contributed by atoms with Gasteiger partial charge in [0.15, 0.2) is 0 Å². The molecular weight excluding hydrogens is 575 g/mol. The number of nitrogens with two attached hydrogens (primary N) is 1. The summed E-state index contributed by atoms with van der Waals surface area (Å²) in [5.41, 5.74) is 5.41. The molecule has 1 aliphatic rings. The van der Waals surface area contributed by atoms with Gasteiger partial charge in [-0.2, -0.15) is 13.2 Å². The Balaban J connectivity index is 0.00000135. The van der Waals surface area contributed by atoms with Crippen molar-refractivity contribution in [1.82, 2.24) is 15.3 Å². The maximum absolute atomic E-state index is 14.4. The predicted octanol–water partition coefficient (Wildman–Crippen LogP) is 5.57. The number of carbonyl (C=O) groups is 2.